The van der Waals surface area contributed by atoms with Gasteiger partial charge in [0, 0.05) is 12.6 Å². The lowest BCUT2D eigenvalue weighted by molar-refractivity contribution is 0.108. The third-order valence-corrected chi connectivity index (χ3v) is 3.04. The molecule has 0 saturated heterocycles. The molecule has 1 amide bonds. The highest BCUT2D eigenvalue weighted by Gasteiger charge is 2.09. The molecular formula is C11H11BrClNO4. The number of amides is 1. The molecule has 0 atom stereocenters. The monoisotopic (exact) mass is 335 g/mol. The number of hydrogen-bond donors (Lipinski definition) is 1. The predicted octanol–water partition coefficient (Wildman–Crippen LogP) is 2.82. The molecule has 0 bridgehead atoms. The van der Waals surface area contributed by atoms with Gasteiger partial charge in [0.2, 0.25) is 0 Å². The molecular weight excluding hydrogens is 325 g/mol. The maximum absolute atomic E-state index is 11.0. The molecule has 1 rings (SSSR count). The first-order chi connectivity index (χ1) is 8.41. The van der Waals surface area contributed by atoms with Crippen LogP contribution in [-0.2, 0) is 0 Å². The molecule has 0 unspecified atom stereocenters. The van der Waals surface area contributed by atoms with E-state index in [9.17, 15) is 9.59 Å². The standard InChI is InChI=1S/C11H11BrClNO4/c1-14(11(16)17)4-5-18-9-6-7(10(13)15)2-3-8(9)12/h2-3,6H,4-5H2,1H3,(H,16,17). The number of ether oxygens (including phenoxy) is 1. The van der Waals surface area contributed by atoms with Crippen LogP contribution in [0.25, 0.3) is 0 Å². The average molecular weight is 337 g/mol. The Morgan fingerprint density at radius 3 is 2.72 bits per heavy atom. The van der Waals surface area contributed by atoms with Crippen molar-refractivity contribution in [2.45, 2.75) is 0 Å². The van der Waals surface area contributed by atoms with E-state index in [4.69, 9.17) is 21.4 Å². The third kappa shape index (κ3) is 4.19. The van der Waals surface area contributed by atoms with Crippen LogP contribution >= 0.6 is 27.5 Å². The van der Waals surface area contributed by atoms with Crippen molar-refractivity contribution in [3.8, 4) is 5.75 Å². The quantitative estimate of drug-likeness (QED) is 0.840. The van der Waals surface area contributed by atoms with Crippen molar-refractivity contribution in [2.75, 3.05) is 20.2 Å². The molecule has 1 aromatic rings. The van der Waals surface area contributed by atoms with E-state index in [1.807, 2.05) is 0 Å². The first-order valence-electron chi connectivity index (χ1n) is 4.98. The highest BCUT2D eigenvalue weighted by molar-refractivity contribution is 9.10. The van der Waals surface area contributed by atoms with Crippen LogP contribution in [0.15, 0.2) is 22.7 Å². The lowest BCUT2D eigenvalue weighted by Gasteiger charge is -2.14. The molecule has 0 heterocycles. The van der Waals surface area contributed by atoms with E-state index in [-0.39, 0.29) is 13.2 Å². The first-order valence-corrected chi connectivity index (χ1v) is 6.15. The van der Waals surface area contributed by atoms with Crippen LogP contribution in [0.1, 0.15) is 10.4 Å². The lowest BCUT2D eigenvalue weighted by Crippen LogP contribution is -2.29. The molecule has 98 valence electrons. The van der Waals surface area contributed by atoms with Crippen molar-refractivity contribution in [1.29, 1.82) is 0 Å². The molecule has 0 aliphatic carbocycles. The summed E-state index contributed by atoms with van der Waals surface area (Å²) in [5, 5.41) is 8.08. The summed E-state index contributed by atoms with van der Waals surface area (Å²) < 4.78 is 6.05. The van der Waals surface area contributed by atoms with Gasteiger partial charge in [-0.1, -0.05) is 0 Å². The van der Waals surface area contributed by atoms with Crippen molar-refractivity contribution in [1.82, 2.24) is 4.90 Å². The number of benzene rings is 1. The first kappa shape index (κ1) is 14.8. The number of rotatable bonds is 5. The summed E-state index contributed by atoms with van der Waals surface area (Å²) in [6.07, 6.45) is -1.03. The molecule has 1 N–H and O–H groups in total. The maximum Gasteiger partial charge on any atom is 0.407 e. The molecule has 0 spiro atoms. The van der Waals surface area contributed by atoms with Gasteiger partial charge in [-0.15, -0.1) is 0 Å². The Balaban J connectivity index is 2.64. The van der Waals surface area contributed by atoms with Crippen molar-refractivity contribution >= 4 is 38.9 Å². The molecule has 5 nitrogen and oxygen atoms in total. The Labute approximate surface area is 117 Å². The normalized spacial score (nSPS) is 9.94. The van der Waals surface area contributed by atoms with Crippen LogP contribution in [0.5, 0.6) is 5.75 Å². The summed E-state index contributed by atoms with van der Waals surface area (Å²) in [4.78, 5) is 22.6. The van der Waals surface area contributed by atoms with Crippen LogP contribution in [0.4, 0.5) is 4.79 Å². The van der Waals surface area contributed by atoms with Crippen LogP contribution in [0.3, 0.4) is 0 Å². The zero-order valence-corrected chi connectivity index (χ0v) is 11.9. The second kappa shape index (κ2) is 6.61. The number of carbonyl (C=O) groups is 2. The van der Waals surface area contributed by atoms with Gasteiger partial charge in [0.1, 0.15) is 12.4 Å². The van der Waals surface area contributed by atoms with Gasteiger partial charge in [-0.3, -0.25) is 4.79 Å². The van der Waals surface area contributed by atoms with Gasteiger partial charge in [-0.2, -0.15) is 0 Å². The Kier molecular flexibility index (Phi) is 5.43. The van der Waals surface area contributed by atoms with Gasteiger partial charge in [0.05, 0.1) is 11.0 Å². The minimum atomic E-state index is -1.03. The molecule has 0 aliphatic heterocycles. The Morgan fingerprint density at radius 2 is 2.17 bits per heavy atom. The van der Waals surface area contributed by atoms with Gasteiger partial charge in [0.25, 0.3) is 5.24 Å². The Morgan fingerprint density at radius 1 is 1.50 bits per heavy atom. The van der Waals surface area contributed by atoms with Crippen molar-refractivity contribution in [2.24, 2.45) is 0 Å². The minimum Gasteiger partial charge on any atom is -0.491 e. The second-order valence-electron chi connectivity index (χ2n) is 3.47. The zero-order valence-electron chi connectivity index (χ0n) is 9.52. The molecule has 0 fully saturated rings. The molecule has 0 aliphatic rings. The predicted molar refractivity (Wildman–Crippen MR) is 70.5 cm³/mol. The fourth-order valence-corrected chi connectivity index (χ4v) is 1.60. The van der Waals surface area contributed by atoms with Crippen molar-refractivity contribution < 1.29 is 19.4 Å². The van der Waals surface area contributed by atoms with Crippen LogP contribution < -0.4 is 4.74 Å². The number of carboxylic acid groups (broad SMARTS) is 1. The van der Waals surface area contributed by atoms with E-state index in [1.165, 1.54) is 13.1 Å². The lowest BCUT2D eigenvalue weighted by atomic mass is 10.2. The van der Waals surface area contributed by atoms with Gasteiger partial charge in [0.15, 0.2) is 0 Å². The fourth-order valence-electron chi connectivity index (χ4n) is 1.12. The number of likely N-dealkylation sites (N-methyl/N-ethyl adjacent to an activating group) is 1. The number of halogens is 2. The number of carbonyl (C=O) groups excluding carboxylic acids is 1. The number of nitrogens with zero attached hydrogens (tertiary/aromatic N) is 1. The Bertz CT molecular complexity index is 466. The van der Waals surface area contributed by atoms with Crippen LogP contribution in [0, 0.1) is 0 Å². The van der Waals surface area contributed by atoms with E-state index < -0.39 is 11.3 Å². The summed E-state index contributed by atoms with van der Waals surface area (Å²) in [5.74, 6) is 0.445. The van der Waals surface area contributed by atoms with Crippen LogP contribution in [-0.4, -0.2) is 41.5 Å². The SMILES string of the molecule is CN(CCOc1cc(C(=O)Cl)ccc1Br)C(=O)O. The van der Waals surface area contributed by atoms with Gasteiger partial charge in [-0.05, 0) is 45.7 Å². The summed E-state index contributed by atoms with van der Waals surface area (Å²) in [7, 11) is 1.44. The van der Waals surface area contributed by atoms with E-state index >= 15 is 0 Å². The molecule has 0 aromatic heterocycles. The fraction of sp³-hybridized carbons (Fsp3) is 0.273. The van der Waals surface area contributed by atoms with Crippen LogP contribution in [0.2, 0.25) is 0 Å². The largest absolute Gasteiger partial charge is 0.491 e. The van der Waals surface area contributed by atoms with Gasteiger partial charge < -0.3 is 14.7 Å². The summed E-state index contributed by atoms with van der Waals surface area (Å²) in [5.41, 5.74) is 0.321. The Hall–Kier alpha value is -1.27. The smallest absolute Gasteiger partial charge is 0.407 e. The third-order valence-electron chi connectivity index (χ3n) is 2.17. The second-order valence-corrected chi connectivity index (χ2v) is 4.67. The van der Waals surface area contributed by atoms with E-state index in [1.54, 1.807) is 12.1 Å². The highest BCUT2D eigenvalue weighted by atomic mass is 79.9. The van der Waals surface area contributed by atoms with E-state index in [2.05, 4.69) is 15.9 Å². The molecule has 0 saturated carbocycles. The average Bonchev–Trinajstić information content (AvgIpc) is 2.30. The summed E-state index contributed by atoms with van der Waals surface area (Å²) in [6, 6.07) is 4.71. The van der Waals surface area contributed by atoms with E-state index in [0.29, 0.717) is 15.8 Å². The van der Waals surface area contributed by atoms with E-state index in [0.717, 1.165) is 4.90 Å². The highest BCUT2D eigenvalue weighted by Crippen LogP contribution is 2.26. The molecule has 7 heteroatoms. The summed E-state index contributed by atoms with van der Waals surface area (Å²) in [6.45, 7) is 0.405. The molecule has 0 radical (unpaired) electrons. The molecule has 1 aromatic carbocycles. The maximum atomic E-state index is 11.0. The topological polar surface area (TPSA) is 66.8 Å². The molecule has 18 heavy (non-hydrogen) atoms. The summed E-state index contributed by atoms with van der Waals surface area (Å²) >= 11 is 8.62. The number of hydrogen-bond acceptors (Lipinski definition) is 3. The zero-order chi connectivity index (χ0) is 13.7. The van der Waals surface area contributed by atoms with Crippen molar-refractivity contribution in [3.63, 3.8) is 0 Å². The van der Waals surface area contributed by atoms with Crippen molar-refractivity contribution in [3.05, 3.63) is 28.2 Å². The minimum absolute atomic E-state index is 0.182. The van der Waals surface area contributed by atoms with Gasteiger partial charge >= 0.3 is 6.09 Å². The van der Waals surface area contributed by atoms with Gasteiger partial charge in [-0.25, -0.2) is 4.79 Å².